The second-order valence-corrected chi connectivity index (χ2v) is 8.36. The summed E-state index contributed by atoms with van der Waals surface area (Å²) in [5.74, 6) is 1.10. The molecule has 0 unspecified atom stereocenters. The minimum absolute atomic E-state index is 1.10. The van der Waals surface area contributed by atoms with Crippen LogP contribution in [0, 0.1) is 19.8 Å². The van der Waals surface area contributed by atoms with Crippen LogP contribution in [0.25, 0.3) is 5.57 Å². The lowest BCUT2D eigenvalue weighted by Gasteiger charge is -2.20. The van der Waals surface area contributed by atoms with E-state index in [1.807, 2.05) is 0 Å². The van der Waals surface area contributed by atoms with Crippen LogP contribution in [0.2, 0.25) is 0 Å². The Morgan fingerprint density at radius 3 is 2.19 bits per heavy atom. The van der Waals surface area contributed by atoms with Gasteiger partial charge in [0.2, 0.25) is 0 Å². The summed E-state index contributed by atoms with van der Waals surface area (Å²) in [7, 11) is 0. The zero-order valence-electron chi connectivity index (χ0n) is 19.0. The van der Waals surface area contributed by atoms with Crippen molar-refractivity contribution in [1.29, 1.82) is 0 Å². The van der Waals surface area contributed by atoms with Gasteiger partial charge in [-0.1, -0.05) is 93.9 Å². The number of rotatable bonds is 5. The summed E-state index contributed by atoms with van der Waals surface area (Å²) < 4.78 is 0. The van der Waals surface area contributed by atoms with Crippen LogP contribution in [-0.4, -0.2) is 0 Å². The van der Waals surface area contributed by atoms with Crippen molar-refractivity contribution in [2.75, 3.05) is 0 Å². The van der Waals surface area contributed by atoms with Crippen LogP contribution in [-0.2, 0) is 0 Å². The van der Waals surface area contributed by atoms with Gasteiger partial charge in [0.05, 0.1) is 0 Å². The van der Waals surface area contributed by atoms with E-state index in [-0.39, 0.29) is 0 Å². The van der Waals surface area contributed by atoms with Gasteiger partial charge in [-0.15, -0.1) is 0 Å². The van der Waals surface area contributed by atoms with Gasteiger partial charge in [0.15, 0.2) is 0 Å². The average Bonchev–Trinajstić information content (AvgIpc) is 2.63. The summed E-state index contributed by atoms with van der Waals surface area (Å²) >= 11 is 0. The zero-order valence-corrected chi connectivity index (χ0v) is 19.0. The Morgan fingerprint density at radius 2 is 1.70 bits per heavy atom. The van der Waals surface area contributed by atoms with Crippen LogP contribution < -0.4 is 0 Å². The predicted octanol–water partition coefficient (Wildman–Crippen LogP) is 8.99. The summed E-state index contributed by atoms with van der Waals surface area (Å²) in [6.07, 6.45) is 12.6. The van der Waals surface area contributed by atoms with Crippen molar-refractivity contribution in [3.63, 3.8) is 0 Å². The maximum absolute atomic E-state index is 4.12. The first kappa shape index (κ1) is 23.5. The molecular weight excluding hydrogens is 324 g/mol. The molecule has 0 radical (unpaired) electrons. The third-order valence-electron chi connectivity index (χ3n) is 5.84. The van der Waals surface area contributed by atoms with E-state index >= 15 is 0 Å². The fraction of sp³-hybridized carbons (Fsp3) is 0.556. The molecule has 27 heavy (non-hydrogen) atoms. The average molecular weight is 367 g/mol. The molecule has 0 bridgehead atoms. The highest BCUT2D eigenvalue weighted by molar-refractivity contribution is 5.76. The lowest BCUT2D eigenvalue weighted by molar-refractivity contribution is 0.336. The summed E-state index contributed by atoms with van der Waals surface area (Å²) in [5, 5.41) is 0. The molecule has 1 aromatic rings. The van der Waals surface area contributed by atoms with Crippen LogP contribution >= 0.6 is 0 Å². The van der Waals surface area contributed by atoms with Crippen LogP contribution in [0.1, 0.15) is 96.3 Å². The third kappa shape index (κ3) is 7.53. The van der Waals surface area contributed by atoms with Crippen LogP contribution in [0.4, 0.5) is 0 Å². The fourth-order valence-corrected chi connectivity index (χ4v) is 4.35. The summed E-state index contributed by atoms with van der Waals surface area (Å²) in [5.41, 5.74) is 8.97. The Morgan fingerprint density at radius 1 is 1.07 bits per heavy atom. The molecule has 0 aliphatic heterocycles. The monoisotopic (exact) mass is 366 g/mol. The van der Waals surface area contributed by atoms with Crippen molar-refractivity contribution in [2.24, 2.45) is 5.92 Å². The van der Waals surface area contributed by atoms with Gasteiger partial charge in [0.25, 0.3) is 0 Å². The van der Waals surface area contributed by atoms with Crippen molar-refractivity contribution in [1.82, 2.24) is 0 Å². The summed E-state index contributed by atoms with van der Waals surface area (Å²) in [6.45, 7) is 19.2. The standard InChI is InChI=1S/C18H24.C9H18/c1-8-14(5)18(12(2)3)16(7)17-10-9-13(4)11-15(17)6;1-2-6-9-7-4-3-5-8-9/h8-11H,2H2,1,3-7H3;9H,2-8H2,1H3/b14-8-,18-16+;. The fourth-order valence-electron chi connectivity index (χ4n) is 4.35. The first-order chi connectivity index (χ1) is 12.8. The number of benzene rings is 1. The van der Waals surface area contributed by atoms with Crippen LogP contribution in [0.15, 0.2) is 47.6 Å². The number of hydrogen-bond acceptors (Lipinski definition) is 0. The minimum atomic E-state index is 1.10. The molecule has 2 rings (SSSR count). The molecule has 1 saturated carbocycles. The van der Waals surface area contributed by atoms with E-state index in [2.05, 4.69) is 79.3 Å². The molecule has 0 atom stereocenters. The molecule has 0 amide bonds. The van der Waals surface area contributed by atoms with E-state index < -0.39 is 0 Å². The topological polar surface area (TPSA) is 0 Å². The largest absolute Gasteiger partial charge is 0.0955 e. The maximum atomic E-state index is 4.12. The van der Waals surface area contributed by atoms with Gasteiger partial charge < -0.3 is 0 Å². The third-order valence-corrected chi connectivity index (χ3v) is 5.84. The van der Waals surface area contributed by atoms with Crippen LogP contribution in [0.5, 0.6) is 0 Å². The Hall–Kier alpha value is -1.56. The smallest absolute Gasteiger partial charge is 0.0172 e. The quantitative estimate of drug-likeness (QED) is 0.456. The SMILES string of the molecule is C=C(C)C(/C(C)=C\C)=C(/C)c1ccc(C)cc1C.CCCC1CCCCC1. The molecule has 1 aliphatic rings. The lowest BCUT2D eigenvalue weighted by Crippen LogP contribution is -2.04. The summed E-state index contributed by atoms with van der Waals surface area (Å²) in [6, 6.07) is 6.62. The first-order valence-corrected chi connectivity index (χ1v) is 10.9. The van der Waals surface area contributed by atoms with Gasteiger partial charge >= 0.3 is 0 Å². The molecule has 0 nitrogen and oxygen atoms in total. The summed E-state index contributed by atoms with van der Waals surface area (Å²) in [4.78, 5) is 0. The molecule has 0 saturated heterocycles. The van der Waals surface area contributed by atoms with E-state index in [9.17, 15) is 0 Å². The number of allylic oxidation sites excluding steroid dienone is 5. The van der Waals surface area contributed by atoms with Gasteiger partial charge in [0.1, 0.15) is 0 Å². The molecule has 150 valence electrons. The van der Waals surface area contributed by atoms with Crippen molar-refractivity contribution in [2.45, 2.75) is 93.4 Å². The Bertz CT molecular complexity index is 661. The Balaban J connectivity index is 0.000000337. The van der Waals surface area contributed by atoms with E-state index in [1.165, 1.54) is 78.4 Å². The van der Waals surface area contributed by atoms with Gasteiger partial charge in [-0.3, -0.25) is 0 Å². The van der Waals surface area contributed by atoms with Crippen LogP contribution in [0.3, 0.4) is 0 Å². The normalized spacial score (nSPS) is 16.3. The Labute approximate surface area is 169 Å². The van der Waals surface area contributed by atoms with E-state index in [0.29, 0.717) is 0 Å². The van der Waals surface area contributed by atoms with Crippen molar-refractivity contribution < 1.29 is 0 Å². The van der Waals surface area contributed by atoms with Crippen molar-refractivity contribution in [3.05, 3.63) is 64.3 Å². The molecule has 0 spiro atoms. The second-order valence-electron chi connectivity index (χ2n) is 8.36. The molecule has 0 aromatic heterocycles. The number of aryl methyl sites for hydroxylation is 2. The lowest BCUT2D eigenvalue weighted by atomic mass is 9.86. The van der Waals surface area contributed by atoms with Gasteiger partial charge in [-0.05, 0) is 75.3 Å². The second kappa shape index (κ2) is 12.0. The molecule has 0 heterocycles. The van der Waals surface area contributed by atoms with E-state index in [4.69, 9.17) is 0 Å². The van der Waals surface area contributed by atoms with Gasteiger partial charge in [0, 0.05) is 0 Å². The highest BCUT2D eigenvalue weighted by Crippen LogP contribution is 2.30. The predicted molar refractivity (Wildman–Crippen MR) is 124 cm³/mol. The van der Waals surface area contributed by atoms with E-state index in [1.54, 1.807) is 0 Å². The highest BCUT2D eigenvalue weighted by Gasteiger charge is 2.11. The molecule has 0 heteroatoms. The van der Waals surface area contributed by atoms with Crippen molar-refractivity contribution >= 4 is 5.57 Å². The Kier molecular flexibility index (Phi) is 10.4. The first-order valence-electron chi connectivity index (χ1n) is 10.9. The molecule has 1 aromatic carbocycles. The highest BCUT2D eigenvalue weighted by atomic mass is 14.2. The van der Waals surface area contributed by atoms with Gasteiger partial charge in [-0.25, -0.2) is 0 Å². The molecule has 1 aliphatic carbocycles. The molecule has 0 N–H and O–H groups in total. The number of hydrogen-bond donors (Lipinski definition) is 0. The molecular formula is C27H42. The van der Waals surface area contributed by atoms with Gasteiger partial charge in [-0.2, -0.15) is 0 Å². The molecule has 1 fully saturated rings. The minimum Gasteiger partial charge on any atom is -0.0955 e. The zero-order chi connectivity index (χ0) is 20.4. The van der Waals surface area contributed by atoms with Crippen molar-refractivity contribution in [3.8, 4) is 0 Å². The van der Waals surface area contributed by atoms with E-state index in [0.717, 1.165) is 11.5 Å². The maximum Gasteiger partial charge on any atom is -0.0172 e.